The summed E-state index contributed by atoms with van der Waals surface area (Å²) in [6.07, 6.45) is 0.785. The maximum atomic E-state index is 12.0. The Morgan fingerprint density at radius 1 is 1.65 bits per heavy atom. The molecule has 0 spiro atoms. The van der Waals surface area contributed by atoms with Crippen molar-refractivity contribution in [2.45, 2.75) is 39.2 Å². The van der Waals surface area contributed by atoms with E-state index in [-0.39, 0.29) is 17.9 Å². The van der Waals surface area contributed by atoms with Crippen molar-refractivity contribution < 1.29 is 9.53 Å². The molecule has 1 aromatic rings. The molecule has 1 saturated heterocycles. The third-order valence-electron chi connectivity index (χ3n) is 3.18. The molecule has 94 valence electrons. The summed E-state index contributed by atoms with van der Waals surface area (Å²) >= 11 is 0. The van der Waals surface area contributed by atoms with Crippen LogP contribution in [0.2, 0.25) is 0 Å². The average molecular weight is 237 g/mol. The fourth-order valence-electron chi connectivity index (χ4n) is 1.99. The number of aromatic amines is 1. The third-order valence-corrected chi connectivity index (χ3v) is 3.18. The molecular weight excluding hydrogens is 218 g/mol. The predicted molar refractivity (Wildman–Crippen MR) is 64.8 cm³/mol. The second-order valence-corrected chi connectivity index (χ2v) is 4.82. The minimum absolute atomic E-state index is 0.00138. The molecule has 5 nitrogen and oxygen atoms in total. The number of H-pyrrole nitrogens is 1. The Kier molecular flexibility index (Phi) is 3.47. The predicted octanol–water partition coefficient (Wildman–Crippen LogP) is 1.90. The summed E-state index contributed by atoms with van der Waals surface area (Å²) in [4.78, 5) is 12.0. The van der Waals surface area contributed by atoms with E-state index in [9.17, 15) is 4.79 Å². The van der Waals surface area contributed by atoms with Crippen molar-refractivity contribution in [3.05, 3.63) is 11.8 Å². The second kappa shape index (κ2) is 4.87. The lowest BCUT2D eigenvalue weighted by molar-refractivity contribution is -0.121. The molecule has 5 heteroatoms. The number of carbonyl (C=O) groups excluding carboxylic acids is 1. The second-order valence-electron chi connectivity index (χ2n) is 4.82. The van der Waals surface area contributed by atoms with Crippen molar-refractivity contribution in [1.29, 1.82) is 0 Å². The summed E-state index contributed by atoms with van der Waals surface area (Å²) in [6.45, 7) is 6.75. The van der Waals surface area contributed by atoms with E-state index < -0.39 is 0 Å². The highest BCUT2D eigenvalue weighted by Gasteiger charge is 2.31. The number of nitrogens with zero attached hydrogens (tertiary/aromatic N) is 1. The number of amides is 1. The molecule has 0 saturated carbocycles. The summed E-state index contributed by atoms with van der Waals surface area (Å²) in [6, 6.07) is 1.88. The quantitative estimate of drug-likeness (QED) is 0.843. The summed E-state index contributed by atoms with van der Waals surface area (Å²) in [7, 11) is 0. The zero-order valence-electron chi connectivity index (χ0n) is 10.5. The van der Waals surface area contributed by atoms with Crippen molar-refractivity contribution in [2.24, 2.45) is 5.92 Å². The average Bonchev–Trinajstić information content (AvgIpc) is 2.86. The normalized spacial score (nSPS) is 24.2. The van der Waals surface area contributed by atoms with Crippen LogP contribution in [0.5, 0.6) is 0 Å². The molecule has 2 heterocycles. The van der Waals surface area contributed by atoms with Crippen LogP contribution in [0.15, 0.2) is 6.07 Å². The van der Waals surface area contributed by atoms with E-state index in [0.717, 1.165) is 12.1 Å². The molecule has 2 atom stereocenters. The highest BCUT2D eigenvalue weighted by molar-refractivity contribution is 5.92. The van der Waals surface area contributed by atoms with Crippen molar-refractivity contribution in [2.75, 3.05) is 11.9 Å². The van der Waals surface area contributed by atoms with E-state index in [2.05, 4.69) is 29.4 Å². The Labute approximate surface area is 101 Å². The van der Waals surface area contributed by atoms with E-state index in [1.54, 1.807) is 0 Å². The van der Waals surface area contributed by atoms with Gasteiger partial charge in [-0.25, -0.2) is 0 Å². The fraction of sp³-hybridized carbons (Fsp3) is 0.667. The van der Waals surface area contributed by atoms with Gasteiger partial charge in [0, 0.05) is 18.4 Å². The number of nitrogens with one attached hydrogen (secondary N) is 2. The molecule has 2 rings (SSSR count). The number of rotatable bonds is 3. The first-order valence-corrected chi connectivity index (χ1v) is 6.05. The Morgan fingerprint density at radius 3 is 2.94 bits per heavy atom. The van der Waals surface area contributed by atoms with E-state index in [1.165, 1.54) is 0 Å². The van der Waals surface area contributed by atoms with Crippen molar-refractivity contribution in [3.63, 3.8) is 0 Å². The summed E-state index contributed by atoms with van der Waals surface area (Å²) in [5.74, 6) is 0.908. The lowest BCUT2D eigenvalue weighted by Crippen LogP contribution is -2.27. The van der Waals surface area contributed by atoms with Crippen LogP contribution in [0.4, 0.5) is 5.82 Å². The number of hydrogen-bond acceptors (Lipinski definition) is 3. The van der Waals surface area contributed by atoms with Gasteiger partial charge in [0.15, 0.2) is 5.82 Å². The van der Waals surface area contributed by atoms with Gasteiger partial charge in [0.05, 0.1) is 12.0 Å². The largest absolute Gasteiger partial charge is 0.378 e. The lowest BCUT2D eigenvalue weighted by Gasteiger charge is -2.12. The molecule has 0 aromatic carbocycles. The molecule has 1 aliphatic rings. The van der Waals surface area contributed by atoms with Crippen LogP contribution in [-0.4, -0.2) is 28.8 Å². The molecule has 2 unspecified atom stereocenters. The highest BCUT2D eigenvalue weighted by Crippen LogP contribution is 2.22. The summed E-state index contributed by atoms with van der Waals surface area (Å²) < 4.78 is 5.38. The standard InChI is InChI=1S/C12H19N3O2/c1-7(2)10-6-11(15-14-10)13-12(16)9-4-5-17-8(9)3/h6-9H,4-5H2,1-3H3,(H2,13,14,15,16). The molecular formula is C12H19N3O2. The van der Waals surface area contributed by atoms with Crippen molar-refractivity contribution in [3.8, 4) is 0 Å². The fourth-order valence-corrected chi connectivity index (χ4v) is 1.99. The van der Waals surface area contributed by atoms with Crippen LogP contribution in [0.1, 0.15) is 38.8 Å². The van der Waals surface area contributed by atoms with Gasteiger partial charge < -0.3 is 10.1 Å². The topological polar surface area (TPSA) is 67.0 Å². The molecule has 0 radical (unpaired) electrons. The monoisotopic (exact) mass is 237 g/mol. The zero-order valence-corrected chi connectivity index (χ0v) is 10.5. The molecule has 1 fully saturated rings. The number of hydrogen-bond donors (Lipinski definition) is 2. The van der Waals surface area contributed by atoms with Crippen LogP contribution >= 0.6 is 0 Å². The van der Waals surface area contributed by atoms with Gasteiger partial charge in [-0.1, -0.05) is 13.8 Å². The smallest absolute Gasteiger partial charge is 0.231 e. The minimum atomic E-state index is -0.0609. The van der Waals surface area contributed by atoms with Gasteiger partial charge in [0.25, 0.3) is 0 Å². The van der Waals surface area contributed by atoms with Gasteiger partial charge in [-0.3, -0.25) is 9.89 Å². The highest BCUT2D eigenvalue weighted by atomic mass is 16.5. The number of ether oxygens (including phenoxy) is 1. The summed E-state index contributed by atoms with van der Waals surface area (Å²) in [5, 5.41) is 9.82. The van der Waals surface area contributed by atoms with Gasteiger partial charge in [0.2, 0.25) is 5.91 Å². The molecule has 1 aliphatic heterocycles. The Bertz CT molecular complexity index is 400. The Morgan fingerprint density at radius 2 is 2.41 bits per heavy atom. The minimum Gasteiger partial charge on any atom is -0.378 e. The van der Waals surface area contributed by atoms with Crippen molar-refractivity contribution >= 4 is 11.7 Å². The summed E-state index contributed by atoms with van der Waals surface area (Å²) in [5.41, 5.74) is 1.02. The first-order chi connectivity index (χ1) is 8.08. The third kappa shape index (κ3) is 2.66. The van der Waals surface area contributed by atoms with E-state index in [0.29, 0.717) is 18.3 Å². The van der Waals surface area contributed by atoms with Crippen LogP contribution < -0.4 is 5.32 Å². The SMILES string of the molecule is CC(C)c1cc(NC(=O)C2CCOC2C)n[nH]1. The number of carbonyl (C=O) groups is 1. The van der Waals surface area contributed by atoms with Crippen LogP contribution in [-0.2, 0) is 9.53 Å². The number of anilines is 1. The van der Waals surface area contributed by atoms with E-state index >= 15 is 0 Å². The van der Waals surface area contributed by atoms with E-state index in [4.69, 9.17) is 4.74 Å². The van der Waals surface area contributed by atoms with Gasteiger partial charge >= 0.3 is 0 Å². The van der Waals surface area contributed by atoms with Crippen molar-refractivity contribution in [1.82, 2.24) is 10.2 Å². The Hall–Kier alpha value is -1.36. The molecule has 0 bridgehead atoms. The lowest BCUT2D eigenvalue weighted by atomic mass is 10.0. The zero-order chi connectivity index (χ0) is 12.4. The van der Waals surface area contributed by atoms with Crippen LogP contribution in [0.3, 0.4) is 0 Å². The van der Waals surface area contributed by atoms with Crippen LogP contribution in [0.25, 0.3) is 0 Å². The van der Waals surface area contributed by atoms with Gasteiger partial charge in [0.1, 0.15) is 0 Å². The molecule has 2 N–H and O–H groups in total. The molecule has 1 aromatic heterocycles. The maximum Gasteiger partial charge on any atom is 0.231 e. The van der Waals surface area contributed by atoms with Gasteiger partial charge in [-0.05, 0) is 19.3 Å². The van der Waals surface area contributed by atoms with Crippen LogP contribution in [0, 0.1) is 5.92 Å². The molecule has 0 aliphatic carbocycles. The van der Waals surface area contributed by atoms with Gasteiger partial charge in [-0.2, -0.15) is 5.10 Å². The first kappa shape index (κ1) is 12.1. The Balaban J connectivity index is 1.97. The number of aromatic nitrogens is 2. The van der Waals surface area contributed by atoms with Gasteiger partial charge in [-0.15, -0.1) is 0 Å². The van der Waals surface area contributed by atoms with E-state index in [1.807, 2.05) is 13.0 Å². The molecule has 1 amide bonds. The molecule has 17 heavy (non-hydrogen) atoms. The first-order valence-electron chi connectivity index (χ1n) is 6.05. The maximum absolute atomic E-state index is 12.0.